The number of carbonyl (C=O) groups excluding carboxylic acids is 1. The van der Waals surface area contributed by atoms with Gasteiger partial charge in [0.2, 0.25) is 0 Å². The van der Waals surface area contributed by atoms with Crippen molar-refractivity contribution in [2.24, 2.45) is 0 Å². The van der Waals surface area contributed by atoms with Gasteiger partial charge < -0.3 is 10.4 Å². The predicted molar refractivity (Wildman–Crippen MR) is 79.1 cm³/mol. The SMILES string of the molecule is CC(NC(=O)c1cc(F)cc(Br)c1)c1nc(C(=O)O)cs1. The van der Waals surface area contributed by atoms with Crippen molar-refractivity contribution < 1.29 is 19.1 Å². The van der Waals surface area contributed by atoms with E-state index in [4.69, 9.17) is 5.11 Å². The zero-order valence-electron chi connectivity index (χ0n) is 10.8. The first-order valence-corrected chi connectivity index (χ1v) is 7.49. The maximum atomic E-state index is 13.3. The molecule has 1 aromatic carbocycles. The van der Waals surface area contributed by atoms with Gasteiger partial charge >= 0.3 is 5.97 Å². The highest BCUT2D eigenvalue weighted by molar-refractivity contribution is 9.10. The average molecular weight is 373 g/mol. The summed E-state index contributed by atoms with van der Waals surface area (Å²) in [6, 6.07) is 3.39. The van der Waals surface area contributed by atoms with E-state index in [-0.39, 0.29) is 11.3 Å². The molecule has 21 heavy (non-hydrogen) atoms. The fourth-order valence-electron chi connectivity index (χ4n) is 1.61. The largest absolute Gasteiger partial charge is 0.476 e. The van der Waals surface area contributed by atoms with Gasteiger partial charge in [0.1, 0.15) is 10.8 Å². The molecule has 2 aromatic rings. The lowest BCUT2D eigenvalue weighted by Crippen LogP contribution is -2.26. The van der Waals surface area contributed by atoms with E-state index >= 15 is 0 Å². The number of rotatable bonds is 4. The van der Waals surface area contributed by atoms with Crippen LogP contribution >= 0.6 is 27.3 Å². The van der Waals surface area contributed by atoms with Crippen molar-refractivity contribution in [1.29, 1.82) is 0 Å². The third kappa shape index (κ3) is 3.85. The van der Waals surface area contributed by atoms with Gasteiger partial charge in [-0.2, -0.15) is 0 Å². The Morgan fingerprint density at radius 2 is 2.14 bits per heavy atom. The highest BCUT2D eigenvalue weighted by Crippen LogP contribution is 2.20. The van der Waals surface area contributed by atoms with E-state index < -0.39 is 23.7 Å². The number of benzene rings is 1. The second-order valence-electron chi connectivity index (χ2n) is 4.23. The Morgan fingerprint density at radius 3 is 2.71 bits per heavy atom. The summed E-state index contributed by atoms with van der Waals surface area (Å²) < 4.78 is 13.7. The van der Waals surface area contributed by atoms with Gasteiger partial charge in [0, 0.05) is 15.4 Å². The standard InChI is InChI=1S/C13H10BrFN2O3S/c1-6(12-17-10(5-21-12)13(19)20)16-11(18)7-2-8(14)4-9(15)3-7/h2-6H,1H3,(H,16,18)(H,19,20). The van der Waals surface area contributed by atoms with E-state index in [1.165, 1.54) is 17.5 Å². The number of carboxylic acid groups (broad SMARTS) is 1. The van der Waals surface area contributed by atoms with Gasteiger partial charge in [-0.15, -0.1) is 11.3 Å². The molecule has 0 saturated carbocycles. The molecule has 2 N–H and O–H groups in total. The predicted octanol–water partition coefficient (Wildman–Crippen LogP) is 3.23. The van der Waals surface area contributed by atoms with Crippen LogP contribution in [0.1, 0.15) is 38.8 Å². The number of carbonyl (C=O) groups is 2. The van der Waals surface area contributed by atoms with Gasteiger partial charge in [-0.1, -0.05) is 15.9 Å². The molecular weight excluding hydrogens is 363 g/mol. The lowest BCUT2D eigenvalue weighted by molar-refractivity contribution is 0.0691. The van der Waals surface area contributed by atoms with Crippen LogP contribution in [0.15, 0.2) is 28.1 Å². The normalized spacial score (nSPS) is 12.0. The van der Waals surface area contributed by atoms with E-state index in [9.17, 15) is 14.0 Å². The minimum absolute atomic E-state index is 0.0652. The number of amides is 1. The van der Waals surface area contributed by atoms with Gasteiger partial charge in [0.05, 0.1) is 6.04 Å². The summed E-state index contributed by atoms with van der Waals surface area (Å²) in [5.74, 6) is -2.11. The van der Waals surface area contributed by atoms with Crippen molar-refractivity contribution >= 4 is 39.1 Å². The van der Waals surface area contributed by atoms with Crippen LogP contribution in [0, 0.1) is 5.82 Å². The number of carboxylic acids is 1. The van der Waals surface area contributed by atoms with Crippen LogP contribution in [0.3, 0.4) is 0 Å². The minimum Gasteiger partial charge on any atom is -0.476 e. The molecular formula is C13H10BrFN2O3S. The van der Waals surface area contributed by atoms with Gasteiger partial charge in [-0.25, -0.2) is 14.2 Å². The number of hydrogen-bond acceptors (Lipinski definition) is 4. The van der Waals surface area contributed by atoms with Crippen LogP contribution in [0.4, 0.5) is 4.39 Å². The van der Waals surface area contributed by atoms with Gasteiger partial charge in [-0.05, 0) is 25.1 Å². The topological polar surface area (TPSA) is 79.3 Å². The summed E-state index contributed by atoms with van der Waals surface area (Å²) in [6.45, 7) is 1.68. The maximum absolute atomic E-state index is 13.3. The zero-order chi connectivity index (χ0) is 15.6. The summed E-state index contributed by atoms with van der Waals surface area (Å²) in [5, 5.41) is 13.3. The molecule has 0 bridgehead atoms. The molecule has 0 aliphatic heterocycles. The second kappa shape index (κ2) is 6.31. The van der Waals surface area contributed by atoms with Crippen molar-refractivity contribution in [3.63, 3.8) is 0 Å². The number of thiazole rings is 1. The van der Waals surface area contributed by atoms with Crippen molar-refractivity contribution in [2.45, 2.75) is 13.0 Å². The number of aromatic nitrogens is 1. The summed E-state index contributed by atoms with van der Waals surface area (Å²) >= 11 is 4.26. The van der Waals surface area contributed by atoms with E-state index in [2.05, 4.69) is 26.2 Å². The summed E-state index contributed by atoms with van der Waals surface area (Å²) in [6.07, 6.45) is 0. The Hall–Kier alpha value is -1.80. The molecule has 8 heteroatoms. The Labute approximate surface area is 132 Å². The molecule has 1 atom stereocenters. The molecule has 0 aliphatic carbocycles. The Bertz CT molecular complexity index is 684. The molecule has 2 rings (SSSR count). The Kier molecular flexibility index (Phi) is 4.69. The van der Waals surface area contributed by atoms with Crippen molar-refractivity contribution in [3.05, 3.63) is 50.1 Å². The van der Waals surface area contributed by atoms with Crippen LogP contribution in [-0.4, -0.2) is 22.0 Å². The van der Waals surface area contributed by atoms with Crippen LogP contribution < -0.4 is 5.32 Å². The molecule has 0 spiro atoms. The molecule has 110 valence electrons. The first-order chi connectivity index (χ1) is 9.86. The number of hydrogen-bond donors (Lipinski definition) is 2. The average Bonchev–Trinajstić information content (AvgIpc) is 2.87. The number of nitrogens with one attached hydrogen (secondary N) is 1. The Balaban J connectivity index is 2.12. The van der Waals surface area contributed by atoms with Gasteiger partial charge in [-0.3, -0.25) is 4.79 Å². The molecule has 1 heterocycles. The van der Waals surface area contributed by atoms with Gasteiger partial charge in [0.25, 0.3) is 5.91 Å². The lowest BCUT2D eigenvalue weighted by atomic mass is 10.2. The van der Waals surface area contributed by atoms with E-state index in [0.29, 0.717) is 9.48 Å². The minimum atomic E-state index is -1.12. The molecule has 0 fully saturated rings. The summed E-state index contributed by atoms with van der Waals surface area (Å²) in [5.41, 5.74) is 0.105. The quantitative estimate of drug-likeness (QED) is 0.863. The summed E-state index contributed by atoms with van der Waals surface area (Å²) in [7, 11) is 0. The highest BCUT2D eigenvalue weighted by Gasteiger charge is 2.17. The monoisotopic (exact) mass is 372 g/mol. The zero-order valence-corrected chi connectivity index (χ0v) is 13.2. The van der Waals surface area contributed by atoms with Crippen LogP contribution in [-0.2, 0) is 0 Å². The number of halogens is 2. The second-order valence-corrected chi connectivity index (χ2v) is 6.03. The molecule has 0 aliphatic rings. The molecule has 0 radical (unpaired) electrons. The Morgan fingerprint density at radius 1 is 1.43 bits per heavy atom. The fourth-order valence-corrected chi connectivity index (χ4v) is 2.88. The molecule has 0 saturated heterocycles. The van der Waals surface area contributed by atoms with Crippen molar-refractivity contribution in [1.82, 2.24) is 10.3 Å². The number of aromatic carboxylic acids is 1. The lowest BCUT2D eigenvalue weighted by Gasteiger charge is -2.11. The van der Waals surface area contributed by atoms with E-state index in [1.54, 1.807) is 6.92 Å². The van der Waals surface area contributed by atoms with Crippen LogP contribution in [0.5, 0.6) is 0 Å². The van der Waals surface area contributed by atoms with E-state index in [0.717, 1.165) is 17.4 Å². The summed E-state index contributed by atoms with van der Waals surface area (Å²) in [4.78, 5) is 26.7. The molecule has 1 unspecified atom stereocenters. The van der Waals surface area contributed by atoms with Crippen LogP contribution in [0.25, 0.3) is 0 Å². The highest BCUT2D eigenvalue weighted by atomic mass is 79.9. The smallest absolute Gasteiger partial charge is 0.355 e. The maximum Gasteiger partial charge on any atom is 0.355 e. The molecule has 5 nitrogen and oxygen atoms in total. The first-order valence-electron chi connectivity index (χ1n) is 5.82. The van der Waals surface area contributed by atoms with Gasteiger partial charge in [0.15, 0.2) is 5.69 Å². The van der Waals surface area contributed by atoms with Crippen molar-refractivity contribution in [3.8, 4) is 0 Å². The molecule has 1 aromatic heterocycles. The third-order valence-electron chi connectivity index (χ3n) is 2.58. The van der Waals surface area contributed by atoms with Crippen molar-refractivity contribution in [2.75, 3.05) is 0 Å². The van der Waals surface area contributed by atoms with E-state index in [1.807, 2.05) is 0 Å². The number of nitrogens with zero attached hydrogens (tertiary/aromatic N) is 1. The third-order valence-corrected chi connectivity index (χ3v) is 4.07. The first kappa shape index (κ1) is 15.6. The fraction of sp³-hybridized carbons (Fsp3) is 0.154. The van der Waals surface area contributed by atoms with Crippen LogP contribution in [0.2, 0.25) is 0 Å². The molecule has 1 amide bonds.